The Balaban J connectivity index is 1.44. The van der Waals surface area contributed by atoms with Crippen LogP contribution in [0.15, 0.2) is 23.6 Å². The monoisotopic (exact) mass is 430 g/mol. The quantitative estimate of drug-likeness (QED) is 0.653. The maximum absolute atomic E-state index is 12.6. The number of imide groups is 1. The number of ether oxygens (including phenoxy) is 2. The van der Waals surface area contributed by atoms with Gasteiger partial charge in [0.2, 0.25) is 5.91 Å². The molecule has 158 valence electrons. The van der Waals surface area contributed by atoms with Crippen molar-refractivity contribution in [2.75, 3.05) is 26.1 Å². The van der Waals surface area contributed by atoms with Crippen molar-refractivity contribution in [3.8, 4) is 22.8 Å². The Morgan fingerprint density at radius 1 is 1.33 bits per heavy atom. The molecule has 9 nitrogen and oxygen atoms in total. The number of anilines is 1. The maximum Gasteiger partial charge on any atom is 0.325 e. The zero-order valence-electron chi connectivity index (χ0n) is 16.9. The lowest BCUT2D eigenvalue weighted by molar-refractivity contribution is -0.134. The van der Waals surface area contributed by atoms with Gasteiger partial charge in [0, 0.05) is 17.0 Å². The van der Waals surface area contributed by atoms with E-state index in [0.29, 0.717) is 22.3 Å². The summed E-state index contributed by atoms with van der Waals surface area (Å²) in [7, 11) is 3.13. The van der Waals surface area contributed by atoms with Crippen LogP contribution < -0.4 is 20.1 Å². The summed E-state index contributed by atoms with van der Waals surface area (Å²) >= 11 is 1.24. The third kappa shape index (κ3) is 3.58. The number of carbonyl (C=O) groups excluding carboxylic acids is 3. The van der Waals surface area contributed by atoms with Crippen LogP contribution in [0, 0.1) is 5.92 Å². The molecule has 0 radical (unpaired) electrons. The second-order valence-corrected chi connectivity index (χ2v) is 8.31. The van der Waals surface area contributed by atoms with E-state index < -0.39 is 17.5 Å². The fourth-order valence-electron chi connectivity index (χ4n) is 3.56. The molecule has 1 aliphatic carbocycles. The van der Waals surface area contributed by atoms with E-state index >= 15 is 0 Å². The van der Waals surface area contributed by atoms with Crippen LogP contribution in [-0.2, 0) is 9.59 Å². The van der Waals surface area contributed by atoms with Crippen molar-refractivity contribution >= 4 is 34.3 Å². The van der Waals surface area contributed by atoms with E-state index in [4.69, 9.17) is 9.47 Å². The van der Waals surface area contributed by atoms with E-state index in [1.54, 1.807) is 38.7 Å². The smallest absolute Gasteiger partial charge is 0.325 e. The van der Waals surface area contributed by atoms with Gasteiger partial charge in [-0.3, -0.25) is 14.5 Å². The number of rotatable bonds is 7. The normalized spacial score (nSPS) is 20.8. The van der Waals surface area contributed by atoms with Gasteiger partial charge < -0.3 is 20.1 Å². The Labute approximate surface area is 177 Å². The first-order valence-corrected chi connectivity index (χ1v) is 10.4. The Bertz CT molecular complexity index is 1020. The molecule has 1 saturated carbocycles. The third-order valence-electron chi connectivity index (χ3n) is 5.43. The van der Waals surface area contributed by atoms with Crippen LogP contribution in [-0.4, -0.2) is 54.0 Å². The van der Waals surface area contributed by atoms with Gasteiger partial charge in [0.25, 0.3) is 5.91 Å². The van der Waals surface area contributed by atoms with E-state index in [0.717, 1.165) is 23.3 Å². The van der Waals surface area contributed by atoms with Crippen molar-refractivity contribution in [2.45, 2.75) is 25.3 Å². The predicted molar refractivity (Wildman–Crippen MR) is 111 cm³/mol. The van der Waals surface area contributed by atoms with E-state index in [2.05, 4.69) is 15.6 Å². The van der Waals surface area contributed by atoms with Gasteiger partial charge in [0.05, 0.1) is 19.9 Å². The van der Waals surface area contributed by atoms with Crippen molar-refractivity contribution in [1.29, 1.82) is 0 Å². The standard InChI is InChI=1S/C20H22N4O5S/c1-20(11-4-5-11)17(26)24(19(27)23-20)9-16(25)22-18-21-14(10-30-18)13-7-6-12(28-2)8-15(13)29-3/h6-8,10-11H,4-5,9H2,1-3H3,(H,23,27)(H,21,22,25). The minimum absolute atomic E-state index is 0.142. The number of nitrogens with one attached hydrogen (secondary N) is 2. The highest BCUT2D eigenvalue weighted by molar-refractivity contribution is 7.14. The van der Waals surface area contributed by atoms with Gasteiger partial charge in [0.1, 0.15) is 23.6 Å². The van der Waals surface area contributed by atoms with Gasteiger partial charge in [-0.2, -0.15) is 0 Å². The van der Waals surface area contributed by atoms with Crippen LogP contribution in [0.1, 0.15) is 19.8 Å². The molecule has 1 aromatic carbocycles. The van der Waals surface area contributed by atoms with Gasteiger partial charge in [-0.1, -0.05) is 0 Å². The van der Waals surface area contributed by atoms with Crippen LogP contribution >= 0.6 is 11.3 Å². The summed E-state index contributed by atoms with van der Waals surface area (Å²) < 4.78 is 10.6. The van der Waals surface area contributed by atoms with Crippen molar-refractivity contribution < 1.29 is 23.9 Å². The van der Waals surface area contributed by atoms with Crippen LogP contribution in [0.3, 0.4) is 0 Å². The van der Waals surface area contributed by atoms with Gasteiger partial charge in [-0.05, 0) is 37.8 Å². The number of amides is 4. The number of nitrogens with zero attached hydrogens (tertiary/aromatic N) is 2. The molecule has 30 heavy (non-hydrogen) atoms. The number of hydrogen-bond acceptors (Lipinski definition) is 7. The minimum atomic E-state index is -0.906. The number of methoxy groups -OCH3 is 2. The van der Waals surface area contributed by atoms with Crippen molar-refractivity contribution in [1.82, 2.24) is 15.2 Å². The van der Waals surface area contributed by atoms with Gasteiger partial charge in [-0.15, -0.1) is 11.3 Å². The molecule has 1 saturated heterocycles. The molecule has 10 heteroatoms. The molecule has 2 heterocycles. The third-order valence-corrected chi connectivity index (χ3v) is 6.19. The lowest BCUT2D eigenvalue weighted by Crippen LogP contribution is -2.46. The number of hydrogen-bond donors (Lipinski definition) is 2. The van der Waals surface area contributed by atoms with Crippen molar-refractivity contribution in [3.05, 3.63) is 23.6 Å². The second-order valence-electron chi connectivity index (χ2n) is 7.45. The summed E-state index contributed by atoms with van der Waals surface area (Å²) in [4.78, 5) is 42.7. The Kier molecular flexibility index (Phi) is 5.10. The van der Waals surface area contributed by atoms with Crippen LogP contribution in [0.4, 0.5) is 9.93 Å². The van der Waals surface area contributed by atoms with Gasteiger partial charge >= 0.3 is 6.03 Å². The predicted octanol–water partition coefficient (Wildman–Crippen LogP) is 2.49. The first-order valence-electron chi connectivity index (χ1n) is 9.47. The Morgan fingerprint density at radius 2 is 2.10 bits per heavy atom. The molecule has 4 rings (SSSR count). The maximum atomic E-state index is 12.6. The van der Waals surface area contributed by atoms with E-state index in [1.807, 2.05) is 6.07 Å². The fraction of sp³-hybridized carbons (Fsp3) is 0.400. The van der Waals surface area contributed by atoms with E-state index in [9.17, 15) is 14.4 Å². The average Bonchev–Trinajstić information content (AvgIpc) is 3.46. The molecule has 2 N–H and O–H groups in total. The molecule has 1 aliphatic heterocycles. The molecule has 2 aliphatic rings. The first kappa shape index (κ1) is 20.1. The number of thiazole rings is 1. The summed E-state index contributed by atoms with van der Waals surface area (Å²) in [6, 6.07) is 4.84. The molecule has 2 aromatic rings. The SMILES string of the molecule is COc1ccc(-c2csc(NC(=O)CN3C(=O)NC(C)(C4CC4)C3=O)n2)c(OC)c1. The number of benzene rings is 1. The lowest BCUT2D eigenvalue weighted by atomic mass is 9.96. The minimum Gasteiger partial charge on any atom is -0.497 e. The summed E-state index contributed by atoms with van der Waals surface area (Å²) in [5.41, 5.74) is 0.479. The average molecular weight is 430 g/mol. The lowest BCUT2D eigenvalue weighted by Gasteiger charge is -2.20. The van der Waals surface area contributed by atoms with E-state index in [1.165, 1.54) is 11.3 Å². The molecule has 4 amide bonds. The fourth-order valence-corrected chi connectivity index (χ4v) is 4.29. The number of urea groups is 1. The molecular weight excluding hydrogens is 408 g/mol. The molecule has 1 atom stereocenters. The van der Waals surface area contributed by atoms with Gasteiger partial charge in [0.15, 0.2) is 5.13 Å². The largest absolute Gasteiger partial charge is 0.497 e. The van der Waals surface area contributed by atoms with Crippen molar-refractivity contribution in [3.63, 3.8) is 0 Å². The highest BCUT2D eigenvalue weighted by Crippen LogP contribution is 2.42. The van der Waals surface area contributed by atoms with Crippen LogP contribution in [0.5, 0.6) is 11.5 Å². The Hall–Kier alpha value is -3.14. The summed E-state index contributed by atoms with van der Waals surface area (Å²) in [5, 5.41) is 7.55. The summed E-state index contributed by atoms with van der Waals surface area (Å²) in [6.07, 6.45) is 1.80. The van der Waals surface area contributed by atoms with Crippen LogP contribution in [0.2, 0.25) is 0 Å². The van der Waals surface area contributed by atoms with E-state index in [-0.39, 0.29) is 18.4 Å². The number of carbonyl (C=O) groups is 3. The zero-order chi connectivity index (χ0) is 21.5. The highest BCUT2D eigenvalue weighted by Gasteiger charge is 2.56. The first-order chi connectivity index (χ1) is 14.4. The molecule has 2 fully saturated rings. The topological polar surface area (TPSA) is 110 Å². The molecule has 0 spiro atoms. The Morgan fingerprint density at radius 3 is 2.77 bits per heavy atom. The highest BCUT2D eigenvalue weighted by atomic mass is 32.1. The van der Waals surface area contributed by atoms with Crippen LogP contribution in [0.25, 0.3) is 11.3 Å². The molecular formula is C20H22N4O5S. The molecule has 0 bridgehead atoms. The number of aromatic nitrogens is 1. The second kappa shape index (κ2) is 7.60. The molecule has 1 aromatic heterocycles. The zero-order valence-corrected chi connectivity index (χ0v) is 17.7. The molecule has 1 unspecified atom stereocenters. The van der Waals surface area contributed by atoms with Gasteiger partial charge in [-0.25, -0.2) is 9.78 Å². The van der Waals surface area contributed by atoms with Crippen molar-refractivity contribution in [2.24, 2.45) is 5.92 Å². The summed E-state index contributed by atoms with van der Waals surface area (Å²) in [5.74, 6) is 0.555. The summed E-state index contributed by atoms with van der Waals surface area (Å²) in [6.45, 7) is 1.37.